The summed E-state index contributed by atoms with van der Waals surface area (Å²) < 4.78 is 10.6. The van der Waals surface area contributed by atoms with Crippen molar-refractivity contribution in [3.05, 3.63) is 17.7 Å². The van der Waals surface area contributed by atoms with Crippen LogP contribution in [-0.4, -0.2) is 19.6 Å². The molecule has 4 nitrogen and oxygen atoms in total. The molecule has 1 aromatic rings. The molecule has 16 heavy (non-hydrogen) atoms. The highest BCUT2D eigenvalue weighted by atomic mass is 35.5. The Labute approximate surface area is 99.5 Å². The van der Waals surface area contributed by atoms with E-state index in [2.05, 4.69) is 0 Å². The molecule has 0 saturated heterocycles. The number of hydrogen-bond donors (Lipinski definition) is 1. The monoisotopic (exact) mass is 240 g/mol. The van der Waals surface area contributed by atoms with Gasteiger partial charge in [-0.1, -0.05) is 0 Å². The van der Waals surface area contributed by atoms with Crippen LogP contribution in [0.25, 0.3) is 0 Å². The van der Waals surface area contributed by atoms with Crippen molar-refractivity contribution in [2.24, 2.45) is 0 Å². The van der Waals surface area contributed by atoms with Gasteiger partial charge in [0.25, 0.3) is 0 Å². The zero-order valence-electron chi connectivity index (χ0n) is 9.00. The molecule has 1 rings (SSSR count). The second kappa shape index (κ2) is 6.09. The van der Waals surface area contributed by atoms with Gasteiger partial charge in [0, 0.05) is 18.0 Å². The van der Waals surface area contributed by atoms with Crippen molar-refractivity contribution in [3.63, 3.8) is 0 Å². The highest BCUT2D eigenvalue weighted by molar-refractivity contribution is 6.17. The van der Waals surface area contributed by atoms with Gasteiger partial charge >= 0.3 is 0 Å². The second-order valence-electron chi connectivity index (χ2n) is 3.09. The molecule has 0 unspecified atom stereocenters. The van der Waals surface area contributed by atoms with Crippen molar-refractivity contribution >= 4 is 17.3 Å². The molecule has 0 saturated carbocycles. The quantitative estimate of drug-likeness (QED) is 0.487. The first kappa shape index (κ1) is 12.5. The maximum absolute atomic E-state index is 8.83. The van der Waals surface area contributed by atoms with Crippen LogP contribution in [0.4, 0.5) is 5.69 Å². The summed E-state index contributed by atoms with van der Waals surface area (Å²) in [4.78, 5) is 0. The van der Waals surface area contributed by atoms with E-state index in [-0.39, 0.29) is 0 Å². The smallest absolute Gasteiger partial charge is 0.162 e. The number of alkyl halides is 1. The normalized spacial score (nSPS) is 9.56. The molecule has 1 aromatic carbocycles. The second-order valence-corrected chi connectivity index (χ2v) is 3.47. The molecular weight excluding hydrogens is 228 g/mol. The van der Waals surface area contributed by atoms with Gasteiger partial charge in [0.2, 0.25) is 0 Å². The molecular formula is C11H13ClN2O2. The molecule has 0 spiro atoms. The van der Waals surface area contributed by atoms with Crippen LogP contribution in [0.15, 0.2) is 12.1 Å². The molecule has 0 bridgehead atoms. The summed E-state index contributed by atoms with van der Waals surface area (Å²) in [5, 5.41) is 8.83. The number of halogens is 1. The van der Waals surface area contributed by atoms with E-state index in [0.717, 1.165) is 6.42 Å². The maximum atomic E-state index is 8.83. The van der Waals surface area contributed by atoms with Gasteiger partial charge in [-0.05, 0) is 6.42 Å². The van der Waals surface area contributed by atoms with E-state index in [4.69, 9.17) is 32.1 Å². The van der Waals surface area contributed by atoms with Crippen molar-refractivity contribution in [1.82, 2.24) is 0 Å². The summed E-state index contributed by atoms with van der Waals surface area (Å²) >= 11 is 5.54. The average molecular weight is 241 g/mol. The molecule has 0 fully saturated rings. The summed E-state index contributed by atoms with van der Waals surface area (Å²) in [6.45, 7) is 0.481. The first-order valence-electron chi connectivity index (χ1n) is 4.79. The summed E-state index contributed by atoms with van der Waals surface area (Å²) in [5.74, 6) is 1.56. The lowest BCUT2D eigenvalue weighted by Gasteiger charge is -2.11. The van der Waals surface area contributed by atoms with Gasteiger partial charge < -0.3 is 15.2 Å². The number of hydrogen-bond acceptors (Lipinski definition) is 4. The Morgan fingerprint density at radius 2 is 2.19 bits per heavy atom. The lowest BCUT2D eigenvalue weighted by Crippen LogP contribution is -2.01. The Kier molecular flexibility index (Phi) is 4.74. The van der Waals surface area contributed by atoms with Gasteiger partial charge in [0.05, 0.1) is 25.0 Å². The lowest BCUT2D eigenvalue weighted by atomic mass is 10.2. The summed E-state index contributed by atoms with van der Waals surface area (Å²) in [6, 6.07) is 5.14. The van der Waals surface area contributed by atoms with Crippen LogP contribution in [0.3, 0.4) is 0 Å². The fourth-order valence-corrected chi connectivity index (χ4v) is 1.29. The molecule has 5 heteroatoms. The topological polar surface area (TPSA) is 68.3 Å². The van der Waals surface area contributed by atoms with Gasteiger partial charge in [-0.3, -0.25) is 0 Å². The predicted molar refractivity (Wildman–Crippen MR) is 63.0 cm³/mol. The Hall–Kier alpha value is -1.60. The SMILES string of the molecule is COc1cc(N)c(C#N)cc1OCCCCl. The summed E-state index contributed by atoms with van der Waals surface area (Å²) in [6.07, 6.45) is 0.733. The van der Waals surface area contributed by atoms with Gasteiger partial charge in [-0.15, -0.1) is 11.6 Å². The van der Waals surface area contributed by atoms with Crippen molar-refractivity contribution in [2.75, 3.05) is 25.3 Å². The van der Waals surface area contributed by atoms with Crippen molar-refractivity contribution < 1.29 is 9.47 Å². The average Bonchev–Trinajstić information content (AvgIpc) is 2.30. The van der Waals surface area contributed by atoms with Gasteiger partial charge in [0.15, 0.2) is 11.5 Å². The molecule has 0 atom stereocenters. The first-order valence-corrected chi connectivity index (χ1v) is 5.32. The van der Waals surface area contributed by atoms with Gasteiger partial charge in [-0.2, -0.15) is 5.26 Å². The zero-order chi connectivity index (χ0) is 12.0. The van der Waals surface area contributed by atoms with E-state index in [1.165, 1.54) is 7.11 Å². The van der Waals surface area contributed by atoms with E-state index in [0.29, 0.717) is 35.2 Å². The lowest BCUT2D eigenvalue weighted by molar-refractivity contribution is 0.295. The van der Waals surface area contributed by atoms with E-state index in [1.54, 1.807) is 12.1 Å². The number of benzene rings is 1. The van der Waals surface area contributed by atoms with Crippen LogP contribution in [-0.2, 0) is 0 Å². The molecule has 0 amide bonds. The summed E-state index contributed by atoms with van der Waals surface area (Å²) in [7, 11) is 1.52. The van der Waals surface area contributed by atoms with E-state index in [9.17, 15) is 0 Å². The predicted octanol–water partition coefficient (Wildman–Crippen LogP) is 2.16. The molecule has 0 heterocycles. The third-order valence-electron chi connectivity index (χ3n) is 1.99. The molecule has 0 radical (unpaired) electrons. The number of nitrogens with zero attached hydrogens (tertiary/aromatic N) is 1. The zero-order valence-corrected chi connectivity index (χ0v) is 9.75. The number of methoxy groups -OCH3 is 1. The minimum atomic E-state index is 0.377. The Morgan fingerprint density at radius 1 is 1.44 bits per heavy atom. The third kappa shape index (κ3) is 2.94. The Bertz CT molecular complexity index is 402. The molecule has 0 aliphatic rings. The van der Waals surface area contributed by atoms with Crippen LogP contribution >= 0.6 is 11.6 Å². The highest BCUT2D eigenvalue weighted by Crippen LogP contribution is 2.31. The van der Waals surface area contributed by atoms with E-state index < -0.39 is 0 Å². The van der Waals surface area contributed by atoms with Crippen LogP contribution in [0.5, 0.6) is 11.5 Å². The minimum absolute atomic E-state index is 0.377. The van der Waals surface area contributed by atoms with E-state index in [1.807, 2.05) is 6.07 Å². The number of nitrogen functional groups attached to an aromatic ring is 1. The standard InChI is InChI=1S/C11H13ClN2O2/c1-15-10-6-9(14)8(7-13)5-11(10)16-4-2-3-12/h5-6H,2-4,14H2,1H3. The van der Waals surface area contributed by atoms with Gasteiger partial charge in [-0.25, -0.2) is 0 Å². The van der Waals surface area contributed by atoms with E-state index >= 15 is 0 Å². The first-order chi connectivity index (χ1) is 7.72. The minimum Gasteiger partial charge on any atom is -0.493 e. The fraction of sp³-hybridized carbons (Fsp3) is 0.364. The van der Waals surface area contributed by atoms with Crippen molar-refractivity contribution in [2.45, 2.75) is 6.42 Å². The highest BCUT2D eigenvalue weighted by Gasteiger charge is 2.09. The van der Waals surface area contributed by atoms with Crippen LogP contribution < -0.4 is 15.2 Å². The fourth-order valence-electron chi connectivity index (χ4n) is 1.18. The Morgan fingerprint density at radius 3 is 2.75 bits per heavy atom. The molecule has 0 aromatic heterocycles. The molecule has 0 aliphatic carbocycles. The number of nitrogens with two attached hydrogens (primary N) is 1. The van der Waals surface area contributed by atoms with Crippen LogP contribution in [0, 0.1) is 11.3 Å². The Balaban J connectivity index is 2.92. The largest absolute Gasteiger partial charge is 0.493 e. The van der Waals surface area contributed by atoms with Crippen molar-refractivity contribution in [3.8, 4) is 17.6 Å². The number of rotatable bonds is 5. The molecule has 0 aliphatic heterocycles. The summed E-state index contributed by atoms with van der Waals surface area (Å²) in [5.41, 5.74) is 6.41. The number of anilines is 1. The number of ether oxygens (including phenoxy) is 2. The van der Waals surface area contributed by atoms with Gasteiger partial charge in [0.1, 0.15) is 6.07 Å². The van der Waals surface area contributed by atoms with Crippen LogP contribution in [0.2, 0.25) is 0 Å². The number of nitriles is 1. The van der Waals surface area contributed by atoms with Crippen molar-refractivity contribution in [1.29, 1.82) is 5.26 Å². The molecule has 2 N–H and O–H groups in total. The van der Waals surface area contributed by atoms with Crippen LogP contribution in [0.1, 0.15) is 12.0 Å². The molecule has 86 valence electrons. The third-order valence-corrected chi connectivity index (χ3v) is 2.26. The maximum Gasteiger partial charge on any atom is 0.162 e.